The molecule has 3 heterocycles. The summed E-state index contributed by atoms with van der Waals surface area (Å²) in [7, 11) is 0. The van der Waals surface area contributed by atoms with Crippen molar-refractivity contribution in [2.45, 2.75) is 65.5 Å². The van der Waals surface area contributed by atoms with E-state index < -0.39 is 5.97 Å². The summed E-state index contributed by atoms with van der Waals surface area (Å²) in [5.41, 5.74) is 7.09. The number of piperidine rings is 1. The summed E-state index contributed by atoms with van der Waals surface area (Å²) in [5.74, 6) is 0.945. The number of benzene rings is 4. The highest BCUT2D eigenvalue weighted by atomic mass is 16.5. The molecular weight excluding hydrogens is 681 g/mol. The molecule has 7 rings (SSSR count). The van der Waals surface area contributed by atoms with Gasteiger partial charge in [-0.25, -0.2) is 14.8 Å². The second-order valence-electron chi connectivity index (χ2n) is 14.4. The number of fused-ring (bicyclic) bond motifs is 1. The van der Waals surface area contributed by atoms with Gasteiger partial charge in [-0.1, -0.05) is 92.7 Å². The van der Waals surface area contributed by atoms with Gasteiger partial charge in [0.05, 0.1) is 24.6 Å². The van der Waals surface area contributed by atoms with E-state index in [1.165, 1.54) is 29.1 Å². The Morgan fingerprint density at radius 3 is 2.06 bits per heavy atom. The average Bonchev–Trinajstić information content (AvgIpc) is 3.63. The molecule has 0 atom stereocenters. The van der Waals surface area contributed by atoms with Crippen LogP contribution in [0.15, 0.2) is 103 Å². The fourth-order valence-corrected chi connectivity index (χ4v) is 7.05. The minimum atomic E-state index is -1.11. The first kappa shape index (κ1) is 36.6. The maximum Gasteiger partial charge on any atom is 0.356 e. The van der Waals surface area contributed by atoms with E-state index in [2.05, 4.69) is 46.9 Å². The van der Waals surface area contributed by atoms with E-state index in [9.17, 15) is 9.59 Å². The third-order valence-corrected chi connectivity index (χ3v) is 10.1. The molecular formula is C44H46N4O6. The summed E-state index contributed by atoms with van der Waals surface area (Å²) in [6.07, 6.45) is 4.57. The van der Waals surface area contributed by atoms with E-state index >= 15 is 0 Å². The van der Waals surface area contributed by atoms with Gasteiger partial charge in [0, 0.05) is 25.7 Å². The van der Waals surface area contributed by atoms with Crippen LogP contribution in [0.4, 0.5) is 0 Å². The van der Waals surface area contributed by atoms with Crippen molar-refractivity contribution in [3.8, 4) is 17.4 Å². The fourth-order valence-electron chi connectivity index (χ4n) is 7.05. The molecule has 2 aliphatic heterocycles. The van der Waals surface area contributed by atoms with Crippen LogP contribution in [0.25, 0.3) is 0 Å². The zero-order valence-corrected chi connectivity index (χ0v) is 30.8. The van der Waals surface area contributed by atoms with E-state index in [0.29, 0.717) is 56.0 Å². The van der Waals surface area contributed by atoms with Crippen LogP contribution in [0.2, 0.25) is 0 Å². The van der Waals surface area contributed by atoms with Crippen LogP contribution in [0.1, 0.15) is 86.8 Å². The highest BCUT2D eigenvalue weighted by Gasteiger charge is 2.29. The summed E-state index contributed by atoms with van der Waals surface area (Å²) in [6, 6.07) is 30.5. The Morgan fingerprint density at radius 1 is 0.759 bits per heavy atom. The number of aromatic nitrogens is 2. The lowest BCUT2D eigenvalue weighted by atomic mass is 9.97. The molecule has 0 unspecified atom stereocenters. The van der Waals surface area contributed by atoms with Gasteiger partial charge in [-0.05, 0) is 77.2 Å². The van der Waals surface area contributed by atoms with Crippen molar-refractivity contribution in [2.75, 3.05) is 19.7 Å². The molecule has 10 nitrogen and oxygen atoms in total. The predicted octanol–water partition coefficient (Wildman–Crippen LogP) is 7.90. The summed E-state index contributed by atoms with van der Waals surface area (Å²) in [5, 5.41) is 9.02. The Bertz CT molecular complexity index is 2050. The predicted molar refractivity (Wildman–Crippen MR) is 205 cm³/mol. The Labute approximate surface area is 316 Å². The molecule has 0 radical (unpaired) electrons. The molecule has 0 spiro atoms. The van der Waals surface area contributed by atoms with Gasteiger partial charge in [-0.15, -0.1) is 0 Å². The van der Waals surface area contributed by atoms with Crippen LogP contribution >= 0.6 is 0 Å². The highest BCUT2D eigenvalue weighted by molar-refractivity contribution is 5.98. The molecule has 1 aromatic heterocycles. The molecule has 1 amide bonds. The number of ether oxygens (including phenoxy) is 3. The molecule has 278 valence electrons. The summed E-state index contributed by atoms with van der Waals surface area (Å²) >= 11 is 0. The number of carboxylic acid groups (broad SMARTS) is 1. The SMILES string of the molecule is CC(C)c1cc(C(=O)N2Cc3ccc(CN4CCC(COc5cnc(C(=O)O)cn5)CC4)cc3C2)c(OCc2ccccc2)cc1OCc1ccccc1. The second-order valence-corrected chi connectivity index (χ2v) is 14.4. The lowest BCUT2D eigenvalue weighted by Gasteiger charge is -2.31. The maximum absolute atomic E-state index is 14.4. The minimum absolute atomic E-state index is 0.0552. The molecule has 54 heavy (non-hydrogen) atoms. The molecule has 10 heteroatoms. The third kappa shape index (κ3) is 9.06. The van der Waals surface area contributed by atoms with Crippen LogP contribution < -0.4 is 14.2 Å². The number of carboxylic acids is 1. The van der Waals surface area contributed by atoms with Crippen LogP contribution in [-0.4, -0.2) is 56.4 Å². The van der Waals surface area contributed by atoms with Crippen LogP contribution in [-0.2, 0) is 32.8 Å². The number of amides is 1. The van der Waals surface area contributed by atoms with Gasteiger partial charge >= 0.3 is 5.97 Å². The first-order chi connectivity index (χ1) is 26.3. The van der Waals surface area contributed by atoms with Gasteiger partial charge in [0.25, 0.3) is 5.91 Å². The molecule has 2 aliphatic rings. The zero-order chi connectivity index (χ0) is 37.4. The van der Waals surface area contributed by atoms with E-state index in [-0.39, 0.29) is 17.5 Å². The van der Waals surface area contributed by atoms with Gasteiger partial charge in [0.1, 0.15) is 24.7 Å². The van der Waals surface area contributed by atoms with Crippen LogP contribution in [0.5, 0.6) is 17.4 Å². The van der Waals surface area contributed by atoms with Crippen molar-refractivity contribution in [3.05, 3.63) is 148 Å². The number of aromatic carboxylic acids is 1. The number of nitrogens with zero attached hydrogens (tertiary/aromatic N) is 4. The number of likely N-dealkylation sites (tertiary alicyclic amines) is 1. The zero-order valence-electron chi connectivity index (χ0n) is 30.8. The molecule has 1 N–H and O–H groups in total. The van der Waals surface area contributed by atoms with E-state index in [1.54, 1.807) is 0 Å². The quantitative estimate of drug-likeness (QED) is 0.122. The first-order valence-electron chi connectivity index (χ1n) is 18.6. The molecule has 0 saturated carbocycles. The number of hydrogen-bond donors (Lipinski definition) is 1. The standard InChI is InChI=1S/C44H46N4O6/c1-30(2)37-20-38(41(53-28-32-11-7-4-8-12-32)21-40(37)52-27-31-9-5-3-6-10-31)43(49)48-25-35-14-13-34(19-36(35)26-48)24-47-17-15-33(16-18-47)29-54-42-23-45-39(22-46-42)44(50)51/h3-14,19-23,30,33H,15-18,24-29H2,1-2H3,(H,50,51). The maximum atomic E-state index is 14.4. The number of carbonyl (C=O) groups excluding carboxylic acids is 1. The van der Waals surface area contributed by atoms with Crippen molar-refractivity contribution >= 4 is 11.9 Å². The van der Waals surface area contributed by atoms with Gasteiger partial charge in [0.2, 0.25) is 5.88 Å². The minimum Gasteiger partial charge on any atom is -0.488 e. The van der Waals surface area contributed by atoms with E-state index in [4.69, 9.17) is 19.3 Å². The van der Waals surface area contributed by atoms with Crippen LogP contribution in [0, 0.1) is 5.92 Å². The van der Waals surface area contributed by atoms with Gasteiger partial charge in [-0.2, -0.15) is 0 Å². The number of hydrogen-bond acceptors (Lipinski definition) is 8. The molecule has 0 bridgehead atoms. The van der Waals surface area contributed by atoms with E-state index in [0.717, 1.165) is 54.9 Å². The molecule has 0 aliphatic carbocycles. The molecule has 4 aromatic carbocycles. The first-order valence-corrected chi connectivity index (χ1v) is 18.6. The summed E-state index contributed by atoms with van der Waals surface area (Å²) in [4.78, 5) is 37.7. The molecule has 5 aromatic rings. The van der Waals surface area contributed by atoms with Crippen molar-refractivity contribution in [1.82, 2.24) is 19.8 Å². The molecule has 1 fully saturated rings. The largest absolute Gasteiger partial charge is 0.488 e. The van der Waals surface area contributed by atoms with E-state index in [1.807, 2.05) is 77.7 Å². The monoisotopic (exact) mass is 726 g/mol. The van der Waals surface area contributed by atoms with Crippen molar-refractivity contribution in [3.63, 3.8) is 0 Å². The summed E-state index contributed by atoms with van der Waals surface area (Å²) < 4.78 is 18.6. The third-order valence-electron chi connectivity index (χ3n) is 10.1. The Hall–Kier alpha value is -5.74. The fraction of sp³-hybridized carbons (Fsp3) is 0.318. The van der Waals surface area contributed by atoms with Crippen molar-refractivity contribution in [1.29, 1.82) is 0 Å². The van der Waals surface area contributed by atoms with Gasteiger partial charge in [-0.3, -0.25) is 9.69 Å². The Balaban J connectivity index is 0.998. The lowest BCUT2D eigenvalue weighted by Crippen LogP contribution is -2.35. The smallest absolute Gasteiger partial charge is 0.356 e. The highest BCUT2D eigenvalue weighted by Crippen LogP contribution is 2.37. The van der Waals surface area contributed by atoms with Crippen molar-refractivity contribution in [2.24, 2.45) is 5.92 Å². The summed E-state index contributed by atoms with van der Waals surface area (Å²) in [6.45, 7) is 9.36. The number of carbonyl (C=O) groups is 2. The topological polar surface area (TPSA) is 114 Å². The molecule has 1 saturated heterocycles. The lowest BCUT2D eigenvalue weighted by molar-refractivity contribution is 0.0688. The second kappa shape index (κ2) is 16.9. The van der Waals surface area contributed by atoms with Gasteiger partial charge in [0.15, 0.2) is 5.69 Å². The number of rotatable bonds is 14. The Kier molecular flexibility index (Phi) is 11.5. The van der Waals surface area contributed by atoms with Gasteiger partial charge < -0.3 is 24.2 Å². The van der Waals surface area contributed by atoms with Crippen LogP contribution in [0.3, 0.4) is 0 Å². The normalized spacial score (nSPS) is 14.5. The Morgan fingerprint density at radius 2 is 1.43 bits per heavy atom. The van der Waals surface area contributed by atoms with Crippen molar-refractivity contribution < 1.29 is 28.9 Å². The average molecular weight is 727 g/mol.